The maximum absolute atomic E-state index is 11.1. The standard InChI is InChI=1S/C10H15N3O2.CH4O3S/c1-6(2)9-8-7(11-5-12-8)3-4-13(9)10(14)15;1-5(2,3)4/h5-6,9H,3-4H2,1-2H3,(H,11,12)(H,14,15);1H3,(H,2,3,4)/t9-;/m0./s1. The van der Waals surface area contributed by atoms with Crippen molar-refractivity contribution in [3.8, 4) is 0 Å². The molecule has 1 amide bonds. The van der Waals surface area contributed by atoms with Gasteiger partial charge in [0, 0.05) is 18.7 Å². The number of imidazole rings is 1. The first-order valence-corrected chi connectivity index (χ1v) is 7.90. The fourth-order valence-electron chi connectivity index (χ4n) is 2.20. The smallest absolute Gasteiger partial charge is 0.407 e. The summed E-state index contributed by atoms with van der Waals surface area (Å²) in [6.07, 6.45) is 2.23. The van der Waals surface area contributed by atoms with Crippen LogP contribution in [-0.2, 0) is 16.5 Å². The highest BCUT2D eigenvalue weighted by Crippen LogP contribution is 2.32. The average Bonchev–Trinajstić information content (AvgIpc) is 2.72. The molecule has 8 nitrogen and oxygen atoms in total. The lowest BCUT2D eigenvalue weighted by Gasteiger charge is -2.35. The van der Waals surface area contributed by atoms with Crippen LogP contribution in [0.25, 0.3) is 0 Å². The van der Waals surface area contributed by atoms with Crippen molar-refractivity contribution in [2.24, 2.45) is 5.92 Å². The molecule has 0 aromatic carbocycles. The number of nitrogens with zero attached hydrogens (tertiary/aromatic N) is 2. The van der Waals surface area contributed by atoms with E-state index in [4.69, 9.17) is 9.66 Å². The number of rotatable bonds is 1. The predicted octanol–water partition coefficient (Wildman–Crippen LogP) is 1.15. The highest BCUT2D eigenvalue weighted by atomic mass is 32.2. The quantitative estimate of drug-likeness (QED) is 0.669. The number of H-pyrrole nitrogens is 1. The largest absolute Gasteiger partial charge is 0.465 e. The third kappa shape index (κ3) is 4.49. The zero-order chi connectivity index (χ0) is 15.5. The minimum atomic E-state index is -3.67. The van der Waals surface area contributed by atoms with Gasteiger partial charge in [-0.3, -0.25) is 9.45 Å². The van der Waals surface area contributed by atoms with Crippen molar-refractivity contribution in [3.05, 3.63) is 17.7 Å². The molecule has 0 spiro atoms. The summed E-state index contributed by atoms with van der Waals surface area (Å²) >= 11 is 0. The van der Waals surface area contributed by atoms with Gasteiger partial charge in [-0.2, -0.15) is 8.42 Å². The molecule has 20 heavy (non-hydrogen) atoms. The maximum Gasteiger partial charge on any atom is 0.407 e. The zero-order valence-electron chi connectivity index (χ0n) is 11.6. The number of nitrogens with one attached hydrogen (secondary N) is 1. The Labute approximate surface area is 117 Å². The van der Waals surface area contributed by atoms with E-state index < -0.39 is 16.2 Å². The fourth-order valence-corrected chi connectivity index (χ4v) is 2.20. The summed E-state index contributed by atoms with van der Waals surface area (Å²) in [7, 11) is -3.67. The van der Waals surface area contributed by atoms with E-state index in [1.165, 1.54) is 4.90 Å². The summed E-state index contributed by atoms with van der Waals surface area (Å²) in [5.41, 5.74) is 1.96. The molecule has 0 fully saturated rings. The molecule has 114 valence electrons. The van der Waals surface area contributed by atoms with Crippen molar-refractivity contribution >= 4 is 16.2 Å². The van der Waals surface area contributed by atoms with Crippen LogP contribution in [0.2, 0.25) is 0 Å². The average molecular weight is 305 g/mol. The van der Waals surface area contributed by atoms with Crippen molar-refractivity contribution < 1.29 is 22.9 Å². The van der Waals surface area contributed by atoms with Crippen LogP contribution in [0, 0.1) is 5.92 Å². The maximum atomic E-state index is 11.1. The van der Waals surface area contributed by atoms with E-state index in [1.54, 1.807) is 6.33 Å². The molecule has 1 aromatic rings. The zero-order valence-corrected chi connectivity index (χ0v) is 12.4. The van der Waals surface area contributed by atoms with Gasteiger partial charge in [-0.1, -0.05) is 13.8 Å². The highest BCUT2D eigenvalue weighted by Gasteiger charge is 2.34. The molecule has 0 saturated heterocycles. The molecule has 1 aliphatic heterocycles. The number of carboxylic acid groups (broad SMARTS) is 1. The second kappa shape index (κ2) is 6.23. The van der Waals surface area contributed by atoms with Gasteiger partial charge in [-0.15, -0.1) is 0 Å². The molecule has 2 heterocycles. The van der Waals surface area contributed by atoms with E-state index in [9.17, 15) is 13.2 Å². The number of amides is 1. The lowest BCUT2D eigenvalue weighted by Crippen LogP contribution is -2.41. The second-order valence-corrected chi connectivity index (χ2v) is 6.38. The van der Waals surface area contributed by atoms with Gasteiger partial charge in [0.2, 0.25) is 0 Å². The number of hydrogen-bond acceptors (Lipinski definition) is 4. The Balaban J connectivity index is 0.000000347. The highest BCUT2D eigenvalue weighted by molar-refractivity contribution is 7.85. The van der Waals surface area contributed by atoms with Crippen LogP contribution in [0.15, 0.2) is 6.33 Å². The number of fused-ring (bicyclic) bond motifs is 1. The molecule has 2 rings (SSSR count). The van der Waals surface area contributed by atoms with Gasteiger partial charge in [0.15, 0.2) is 0 Å². The van der Waals surface area contributed by atoms with Gasteiger partial charge in [0.1, 0.15) is 0 Å². The van der Waals surface area contributed by atoms with Gasteiger partial charge in [-0.05, 0) is 5.92 Å². The van der Waals surface area contributed by atoms with Gasteiger partial charge in [0.05, 0.1) is 24.3 Å². The minimum Gasteiger partial charge on any atom is -0.465 e. The molecule has 0 bridgehead atoms. The lowest BCUT2D eigenvalue weighted by atomic mass is 9.94. The van der Waals surface area contributed by atoms with Crippen molar-refractivity contribution in [3.63, 3.8) is 0 Å². The summed E-state index contributed by atoms with van der Waals surface area (Å²) in [5.74, 6) is 0.239. The number of aromatic nitrogens is 2. The topological polar surface area (TPSA) is 124 Å². The van der Waals surface area contributed by atoms with Crippen molar-refractivity contribution in [2.75, 3.05) is 12.8 Å². The third-order valence-electron chi connectivity index (χ3n) is 2.85. The van der Waals surface area contributed by atoms with Crippen molar-refractivity contribution in [1.29, 1.82) is 0 Å². The Morgan fingerprint density at radius 2 is 2.10 bits per heavy atom. The monoisotopic (exact) mass is 305 g/mol. The molecule has 1 aromatic heterocycles. The van der Waals surface area contributed by atoms with E-state index >= 15 is 0 Å². The van der Waals surface area contributed by atoms with Crippen LogP contribution in [0.1, 0.15) is 31.3 Å². The summed E-state index contributed by atoms with van der Waals surface area (Å²) in [4.78, 5) is 19.9. The van der Waals surface area contributed by atoms with Crippen LogP contribution in [0.3, 0.4) is 0 Å². The van der Waals surface area contributed by atoms with Crippen LogP contribution in [-0.4, -0.2) is 51.8 Å². The van der Waals surface area contributed by atoms with Crippen LogP contribution < -0.4 is 0 Å². The summed E-state index contributed by atoms with van der Waals surface area (Å²) in [6.45, 7) is 4.59. The number of carbonyl (C=O) groups is 1. The van der Waals surface area contributed by atoms with Gasteiger partial charge >= 0.3 is 6.09 Å². The molecule has 0 aliphatic carbocycles. The molecule has 1 aliphatic rings. The first-order chi connectivity index (χ1) is 9.11. The molecule has 9 heteroatoms. The Morgan fingerprint density at radius 3 is 2.55 bits per heavy atom. The summed E-state index contributed by atoms with van der Waals surface area (Å²) in [5, 5.41) is 9.11. The predicted molar refractivity (Wildman–Crippen MR) is 72.1 cm³/mol. The number of aromatic amines is 1. The molecule has 1 atom stereocenters. The Bertz CT molecular complexity index is 558. The van der Waals surface area contributed by atoms with E-state index in [-0.39, 0.29) is 12.0 Å². The molecular weight excluding hydrogens is 286 g/mol. The van der Waals surface area contributed by atoms with E-state index in [1.807, 2.05) is 13.8 Å². The molecule has 0 saturated carbocycles. The summed E-state index contributed by atoms with van der Waals surface area (Å²) < 4.78 is 25.9. The fraction of sp³-hybridized carbons (Fsp3) is 0.636. The van der Waals surface area contributed by atoms with Crippen molar-refractivity contribution in [2.45, 2.75) is 26.3 Å². The normalized spacial score (nSPS) is 18.2. The molecular formula is C11H19N3O5S. The van der Waals surface area contributed by atoms with Crippen LogP contribution in [0.4, 0.5) is 4.79 Å². The summed E-state index contributed by atoms with van der Waals surface area (Å²) in [6, 6.07) is -0.113. The number of hydrogen-bond donors (Lipinski definition) is 3. The SMILES string of the molecule is CC(C)[C@H]1c2nc[nH]c2CCN1C(=O)O.CS(=O)(=O)O. The molecule has 0 unspecified atom stereocenters. The lowest BCUT2D eigenvalue weighted by molar-refractivity contribution is 0.103. The van der Waals surface area contributed by atoms with Gasteiger partial charge in [0.25, 0.3) is 10.1 Å². The Kier molecular flexibility index (Phi) is 5.12. The van der Waals surface area contributed by atoms with Crippen LogP contribution >= 0.6 is 0 Å². The molecule has 3 N–H and O–H groups in total. The first-order valence-electron chi connectivity index (χ1n) is 6.05. The Hall–Kier alpha value is -1.61. The second-order valence-electron chi connectivity index (χ2n) is 4.91. The van der Waals surface area contributed by atoms with Gasteiger partial charge < -0.3 is 10.1 Å². The third-order valence-corrected chi connectivity index (χ3v) is 2.85. The first kappa shape index (κ1) is 16.4. The van der Waals surface area contributed by atoms with E-state index in [2.05, 4.69) is 9.97 Å². The van der Waals surface area contributed by atoms with E-state index in [0.717, 1.165) is 17.8 Å². The Morgan fingerprint density at radius 1 is 1.55 bits per heavy atom. The van der Waals surface area contributed by atoms with Gasteiger partial charge in [-0.25, -0.2) is 9.78 Å². The van der Waals surface area contributed by atoms with E-state index in [0.29, 0.717) is 12.8 Å². The minimum absolute atomic E-state index is 0.113. The molecule has 0 radical (unpaired) electrons. The van der Waals surface area contributed by atoms with Crippen molar-refractivity contribution in [1.82, 2.24) is 14.9 Å². The van der Waals surface area contributed by atoms with Crippen LogP contribution in [0.5, 0.6) is 0 Å².